The topological polar surface area (TPSA) is 44.8 Å². The van der Waals surface area contributed by atoms with Crippen molar-refractivity contribution in [3.05, 3.63) is 71.3 Å². The molecule has 1 unspecified atom stereocenters. The highest BCUT2D eigenvalue weighted by atomic mass is 19.1. The second-order valence-electron chi connectivity index (χ2n) is 7.95. The Morgan fingerprint density at radius 1 is 1.10 bits per heavy atom. The van der Waals surface area contributed by atoms with Crippen molar-refractivity contribution in [3.63, 3.8) is 0 Å². The van der Waals surface area contributed by atoms with E-state index < -0.39 is 11.6 Å². The molecule has 31 heavy (non-hydrogen) atoms. The van der Waals surface area contributed by atoms with Crippen molar-refractivity contribution in [2.45, 2.75) is 25.9 Å². The van der Waals surface area contributed by atoms with Crippen LogP contribution in [-0.4, -0.2) is 67.7 Å². The van der Waals surface area contributed by atoms with Crippen molar-refractivity contribution in [2.75, 3.05) is 45.9 Å². The summed E-state index contributed by atoms with van der Waals surface area (Å²) in [5.41, 5.74) is 1.14. The summed E-state index contributed by atoms with van der Waals surface area (Å²) < 4.78 is 33.0. The van der Waals surface area contributed by atoms with E-state index in [1.54, 1.807) is 0 Å². The highest BCUT2D eigenvalue weighted by Gasteiger charge is 2.21. The van der Waals surface area contributed by atoms with Crippen molar-refractivity contribution in [1.29, 1.82) is 0 Å². The molecule has 0 aliphatic carbocycles. The van der Waals surface area contributed by atoms with Crippen molar-refractivity contribution in [1.82, 2.24) is 15.1 Å². The molecule has 0 aromatic heterocycles. The Bertz CT molecular complexity index is 809. The molecule has 1 aliphatic heterocycles. The number of benzene rings is 2. The largest absolute Gasteiger partial charge is 0.379 e. The summed E-state index contributed by atoms with van der Waals surface area (Å²) in [5, 5.41) is 2.81. The highest BCUT2D eigenvalue weighted by Crippen LogP contribution is 2.13. The van der Waals surface area contributed by atoms with Crippen LogP contribution in [0.5, 0.6) is 0 Å². The molecular weight excluding hydrogens is 400 g/mol. The minimum atomic E-state index is -0.584. The number of nitrogens with one attached hydrogen (secondary N) is 1. The van der Waals surface area contributed by atoms with E-state index in [1.807, 2.05) is 30.3 Å². The van der Waals surface area contributed by atoms with E-state index in [1.165, 1.54) is 18.2 Å². The van der Waals surface area contributed by atoms with Crippen LogP contribution in [0.3, 0.4) is 0 Å². The van der Waals surface area contributed by atoms with Gasteiger partial charge in [-0.1, -0.05) is 36.4 Å². The summed E-state index contributed by atoms with van der Waals surface area (Å²) >= 11 is 0. The minimum absolute atomic E-state index is 0.00428. The second-order valence-corrected chi connectivity index (χ2v) is 7.95. The van der Waals surface area contributed by atoms with Gasteiger partial charge in [0, 0.05) is 44.3 Å². The molecule has 168 valence electrons. The van der Waals surface area contributed by atoms with Crippen LogP contribution in [0.2, 0.25) is 0 Å². The van der Waals surface area contributed by atoms with Gasteiger partial charge in [0.2, 0.25) is 5.91 Å². The van der Waals surface area contributed by atoms with Crippen LogP contribution in [0.1, 0.15) is 18.1 Å². The molecule has 1 heterocycles. The number of ether oxygens (including phenoxy) is 1. The number of amides is 1. The van der Waals surface area contributed by atoms with Crippen LogP contribution >= 0.6 is 0 Å². The first-order valence-corrected chi connectivity index (χ1v) is 10.8. The molecule has 1 amide bonds. The van der Waals surface area contributed by atoms with Gasteiger partial charge in [0.05, 0.1) is 19.8 Å². The maximum atomic E-state index is 13.8. The predicted octanol–water partition coefficient (Wildman–Crippen LogP) is 2.85. The molecule has 1 atom stereocenters. The van der Waals surface area contributed by atoms with Crippen LogP contribution in [0, 0.1) is 11.6 Å². The fourth-order valence-electron chi connectivity index (χ4n) is 3.80. The van der Waals surface area contributed by atoms with Crippen molar-refractivity contribution < 1.29 is 18.3 Å². The van der Waals surface area contributed by atoms with E-state index in [0.717, 1.165) is 38.4 Å². The first-order valence-electron chi connectivity index (χ1n) is 10.8. The Labute approximate surface area is 183 Å². The van der Waals surface area contributed by atoms with Gasteiger partial charge in [0.25, 0.3) is 0 Å². The smallest absolute Gasteiger partial charge is 0.234 e. The normalized spacial score (nSPS) is 15.7. The molecule has 0 bridgehead atoms. The first-order chi connectivity index (χ1) is 15.0. The van der Waals surface area contributed by atoms with E-state index in [4.69, 9.17) is 4.74 Å². The van der Waals surface area contributed by atoms with Gasteiger partial charge >= 0.3 is 0 Å². The maximum absolute atomic E-state index is 13.8. The molecule has 1 saturated heterocycles. The zero-order valence-electron chi connectivity index (χ0n) is 18.0. The van der Waals surface area contributed by atoms with E-state index in [0.29, 0.717) is 6.54 Å². The Hall–Kier alpha value is -2.35. The quantitative estimate of drug-likeness (QED) is 0.629. The number of nitrogens with zero attached hydrogens (tertiary/aromatic N) is 2. The molecule has 2 aromatic rings. The average molecular weight is 432 g/mol. The summed E-state index contributed by atoms with van der Waals surface area (Å²) in [5.74, 6) is -1.32. The van der Waals surface area contributed by atoms with Crippen molar-refractivity contribution in [2.24, 2.45) is 0 Å². The molecule has 5 nitrogen and oxygen atoms in total. The van der Waals surface area contributed by atoms with Gasteiger partial charge in [-0.2, -0.15) is 0 Å². The number of rotatable bonds is 10. The summed E-state index contributed by atoms with van der Waals surface area (Å²) in [6, 6.07) is 14.0. The Morgan fingerprint density at radius 3 is 2.45 bits per heavy atom. The number of halogens is 2. The van der Waals surface area contributed by atoms with E-state index in [-0.39, 0.29) is 37.0 Å². The third kappa shape index (κ3) is 7.38. The highest BCUT2D eigenvalue weighted by molar-refractivity contribution is 5.78. The van der Waals surface area contributed by atoms with Gasteiger partial charge < -0.3 is 10.1 Å². The lowest BCUT2D eigenvalue weighted by atomic mass is 10.1. The molecule has 0 saturated carbocycles. The monoisotopic (exact) mass is 431 g/mol. The Balaban J connectivity index is 1.56. The predicted molar refractivity (Wildman–Crippen MR) is 117 cm³/mol. The standard InChI is InChI=1S/C24H31F2N3O2/c1-19(16-28-12-14-31-15-13-28)29(17-20-6-3-2-4-7-20)18-24(30)27-11-10-21-22(25)8-5-9-23(21)26/h2-9,19H,10-18H2,1H3,(H,27,30). The van der Waals surface area contributed by atoms with Crippen LogP contribution < -0.4 is 5.32 Å². The van der Waals surface area contributed by atoms with Gasteiger partial charge in [0.15, 0.2) is 0 Å². The fraction of sp³-hybridized carbons (Fsp3) is 0.458. The molecular formula is C24H31F2N3O2. The number of hydrogen-bond donors (Lipinski definition) is 1. The minimum Gasteiger partial charge on any atom is -0.379 e. The van der Waals surface area contributed by atoms with Crippen molar-refractivity contribution >= 4 is 5.91 Å². The van der Waals surface area contributed by atoms with Crippen molar-refractivity contribution in [3.8, 4) is 0 Å². The van der Waals surface area contributed by atoms with Crippen LogP contribution in [0.4, 0.5) is 8.78 Å². The SMILES string of the molecule is CC(CN1CCOCC1)N(CC(=O)NCCc1c(F)cccc1F)Cc1ccccc1. The Morgan fingerprint density at radius 2 is 1.77 bits per heavy atom. The summed E-state index contributed by atoms with van der Waals surface area (Å²) in [7, 11) is 0. The molecule has 3 rings (SSSR count). The van der Waals surface area contributed by atoms with E-state index in [9.17, 15) is 13.6 Å². The first kappa shape index (κ1) is 23.3. The van der Waals surface area contributed by atoms with Crippen LogP contribution in [-0.2, 0) is 22.5 Å². The van der Waals surface area contributed by atoms with Gasteiger partial charge in [-0.05, 0) is 31.0 Å². The molecule has 0 spiro atoms. The third-order valence-corrected chi connectivity index (χ3v) is 5.58. The zero-order valence-corrected chi connectivity index (χ0v) is 18.0. The van der Waals surface area contributed by atoms with E-state index in [2.05, 4.69) is 22.0 Å². The number of hydrogen-bond acceptors (Lipinski definition) is 4. The zero-order chi connectivity index (χ0) is 22.1. The summed E-state index contributed by atoms with van der Waals surface area (Å²) in [6.45, 7) is 7.30. The molecule has 7 heteroatoms. The van der Waals surface area contributed by atoms with E-state index >= 15 is 0 Å². The van der Waals surface area contributed by atoms with Gasteiger partial charge in [-0.3, -0.25) is 14.6 Å². The molecule has 1 fully saturated rings. The van der Waals surface area contributed by atoms with Crippen LogP contribution in [0.15, 0.2) is 48.5 Å². The van der Waals surface area contributed by atoms with Crippen LogP contribution in [0.25, 0.3) is 0 Å². The molecule has 2 aromatic carbocycles. The van der Waals surface area contributed by atoms with Gasteiger partial charge in [0.1, 0.15) is 11.6 Å². The van der Waals surface area contributed by atoms with Gasteiger partial charge in [-0.15, -0.1) is 0 Å². The summed E-state index contributed by atoms with van der Waals surface area (Å²) in [4.78, 5) is 17.1. The maximum Gasteiger partial charge on any atom is 0.234 e. The third-order valence-electron chi connectivity index (χ3n) is 5.58. The number of carbonyl (C=O) groups excluding carboxylic acids is 1. The summed E-state index contributed by atoms with van der Waals surface area (Å²) in [6.07, 6.45) is 0.117. The number of carbonyl (C=O) groups is 1. The second kappa shape index (κ2) is 11.9. The molecule has 1 N–H and O–H groups in total. The lowest BCUT2D eigenvalue weighted by Crippen LogP contribution is -2.48. The Kier molecular flexibility index (Phi) is 8.94. The lowest BCUT2D eigenvalue weighted by molar-refractivity contribution is -0.123. The number of morpholine rings is 1. The average Bonchev–Trinajstić information content (AvgIpc) is 2.77. The lowest BCUT2D eigenvalue weighted by Gasteiger charge is -2.34. The molecule has 1 aliphatic rings. The fourth-order valence-corrected chi connectivity index (χ4v) is 3.80. The molecule has 0 radical (unpaired) electrons. The van der Waals surface area contributed by atoms with Gasteiger partial charge in [-0.25, -0.2) is 8.78 Å².